The summed E-state index contributed by atoms with van der Waals surface area (Å²) in [6.07, 6.45) is 3.01. The number of nitro groups is 1. The first-order valence-corrected chi connectivity index (χ1v) is 5.27. The van der Waals surface area contributed by atoms with Gasteiger partial charge in [-0.2, -0.15) is 5.26 Å². The lowest BCUT2D eigenvalue weighted by atomic mass is 10.2. The van der Waals surface area contributed by atoms with E-state index in [2.05, 4.69) is 5.32 Å². The van der Waals surface area contributed by atoms with Crippen molar-refractivity contribution in [2.24, 2.45) is 0 Å². The van der Waals surface area contributed by atoms with Crippen LogP contribution in [0.3, 0.4) is 0 Å². The molecule has 0 aliphatic heterocycles. The van der Waals surface area contributed by atoms with E-state index in [-0.39, 0.29) is 17.4 Å². The second-order valence-corrected chi connectivity index (χ2v) is 3.85. The van der Waals surface area contributed by atoms with E-state index in [1.54, 1.807) is 6.07 Å². The maximum absolute atomic E-state index is 11.6. The van der Waals surface area contributed by atoms with E-state index in [0.29, 0.717) is 0 Å². The molecule has 1 aromatic heterocycles. The predicted molar refractivity (Wildman–Crippen MR) is 60.1 cm³/mol. The molecule has 7 heteroatoms. The third-order valence-electron chi connectivity index (χ3n) is 2.36. The fourth-order valence-electron chi connectivity index (χ4n) is 1.30. The second-order valence-electron chi connectivity index (χ2n) is 3.85. The summed E-state index contributed by atoms with van der Waals surface area (Å²) in [4.78, 5) is 21.3. The van der Waals surface area contributed by atoms with Gasteiger partial charge in [0.05, 0.1) is 6.07 Å². The van der Waals surface area contributed by atoms with Gasteiger partial charge in [0.25, 0.3) is 5.91 Å². The van der Waals surface area contributed by atoms with Gasteiger partial charge in [0.2, 0.25) is 0 Å². The minimum absolute atomic E-state index is 0.101. The van der Waals surface area contributed by atoms with E-state index in [4.69, 9.17) is 9.68 Å². The topological polar surface area (TPSA) is 109 Å². The molecule has 0 aromatic carbocycles. The third-order valence-corrected chi connectivity index (χ3v) is 2.36. The van der Waals surface area contributed by atoms with Crippen LogP contribution in [0.15, 0.2) is 22.1 Å². The minimum Gasteiger partial charge on any atom is -0.401 e. The number of nitriles is 1. The van der Waals surface area contributed by atoms with Gasteiger partial charge in [0.15, 0.2) is 0 Å². The Hall–Kier alpha value is -2.62. The number of nitrogens with one attached hydrogen (secondary N) is 1. The molecule has 1 N–H and O–H groups in total. The predicted octanol–water partition coefficient (Wildman–Crippen LogP) is 1.37. The van der Waals surface area contributed by atoms with E-state index in [1.165, 1.54) is 18.2 Å². The lowest BCUT2D eigenvalue weighted by molar-refractivity contribution is -0.402. The number of rotatable bonds is 4. The summed E-state index contributed by atoms with van der Waals surface area (Å²) in [5.41, 5.74) is -0.133. The average Bonchev–Trinajstić information content (AvgIpc) is 3.01. The van der Waals surface area contributed by atoms with Gasteiger partial charge in [-0.1, -0.05) is 0 Å². The highest BCUT2D eigenvalue weighted by Gasteiger charge is 2.25. The van der Waals surface area contributed by atoms with Gasteiger partial charge < -0.3 is 9.73 Å². The Morgan fingerprint density at radius 2 is 2.33 bits per heavy atom. The molecule has 2 rings (SSSR count). The van der Waals surface area contributed by atoms with Crippen molar-refractivity contribution in [3.8, 4) is 6.07 Å². The number of nitrogens with zero attached hydrogens (tertiary/aromatic N) is 2. The molecule has 92 valence electrons. The molecule has 0 unspecified atom stereocenters. The molecular formula is C11H9N3O4. The zero-order valence-corrected chi connectivity index (χ0v) is 9.25. The summed E-state index contributed by atoms with van der Waals surface area (Å²) in [6.45, 7) is 0. The molecular weight excluding hydrogens is 238 g/mol. The Bertz CT molecular complexity index is 563. The monoisotopic (exact) mass is 247 g/mol. The van der Waals surface area contributed by atoms with Gasteiger partial charge in [-0.15, -0.1) is 0 Å². The highest BCUT2D eigenvalue weighted by molar-refractivity contribution is 6.01. The molecule has 7 nitrogen and oxygen atoms in total. The molecule has 1 heterocycles. The van der Waals surface area contributed by atoms with Gasteiger partial charge in [-0.05, 0) is 18.9 Å². The van der Waals surface area contributed by atoms with Crippen LogP contribution < -0.4 is 5.32 Å². The van der Waals surface area contributed by atoms with Crippen LogP contribution in [0.25, 0.3) is 6.08 Å². The second kappa shape index (κ2) is 4.71. The van der Waals surface area contributed by atoms with Crippen molar-refractivity contribution in [3.05, 3.63) is 33.6 Å². The van der Waals surface area contributed by atoms with Crippen molar-refractivity contribution in [3.63, 3.8) is 0 Å². The maximum Gasteiger partial charge on any atom is 0.433 e. The number of hydrogen-bond donors (Lipinski definition) is 1. The maximum atomic E-state index is 11.6. The summed E-state index contributed by atoms with van der Waals surface area (Å²) in [5.74, 6) is -0.815. The zero-order valence-electron chi connectivity index (χ0n) is 9.25. The van der Waals surface area contributed by atoms with Crippen molar-refractivity contribution in [2.45, 2.75) is 18.9 Å². The summed E-state index contributed by atoms with van der Waals surface area (Å²) < 4.78 is 4.84. The first-order chi connectivity index (χ1) is 8.60. The fraction of sp³-hybridized carbons (Fsp3) is 0.273. The highest BCUT2D eigenvalue weighted by Crippen LogP contribution is 2.20. The smallest absolute Gasteiger partial charge is 0.401 e. The summed E-state index contributed by atoms with van der Waals surface area (Å²) in [7, 11) is 0. The molecule has 1 aliphatic carbocycles. The minimum atomic E-state index is -0.687. The van der Waals surface area contributed by atoms with E-state index < -0.39 is 16.7 Å². The normalized spacial score (nSPS) is 14.9. The SMILES string of the molecule is N#CC(=Cc1ccc([N+](=O)[O-])o1)C(=O)NC1CC1. The van der Waals surface area contributed by atoms with Crippen LogP contribution in [0.5, 0.6) is 0 Å². The largest absolute Gasteiger partial charge is 0.433 e. The zero-order chi connectivity index (χ0) is 13.1. The molecule has 1 saturated carbocycles. The van der Waals surface area contributed by atoms with Crippen LogP contribution in [0.1, 0.15) is 18.6 Å². The van der Waals surface area contributed by atoms with Crippen molar-refractivity contribution in [1.29, 1.82) is 5.26 Å². The first kappa shape index (κ1) is 11.9. The first-order valence-electron chi connectivity index (χ1n) is 5.27. The van der Waals surface area contributed by atoms with E-state index >= 15 is 0 Å². The Labute approximate surface area is 102 Å². The quantitative estimate of drug-likeness (QED) is 0.374. The Balaban J connectivity index is 2.14. The lowest BCUT2D eigenvalue weighted by Crippen LogP contribution is -2.26. The Morgan fingerprint density at radius 1 is 1.61 bits per heavy atom. The van der Waals surface area contributed by atoms with Gasteiger partial charge in [-0.25, -0.2) is 0 Å². The van der Waals surface area contributed by atoms with Crippen molar-refractivity contribution >= 4 is 17.9 Å². The van der Waals surface area contributed by atoms with Crippen LogP contribution in [-0.4, -0.2) is 16.9 Å². The van der Waals surface area contributed by atoms with Crippen molar-refractivity contribution in [1.82, 2.24) is 5.32 Å². The summed E-state index contributed by atoms with van der Waals surface area (Å²) >= 11 is 0. The fourth-order valence-corrected chi connectivity index (χ4v) is 1.30. The average molecular weight is 247 g/mol. The molecule has 18 heavy (non-hydrogen) atoms. The molecule has 0 spiro atoms. The molecule has 0 radical (unpaired) electrons. The summed E-state index contributed by atoms with van der Waals surface area (Å²) in [5, 5.41) is 21.9. The molecule has 1 amide bonds. The van der Waals surface area contributed by atoms with Gasteiger partial charge in [-0.3, -0.25) is 14.9 Å². The van der Waals surface area contributed by atoms with Crippen LogP contribution in [-0.2, 0) is 4.79 Å². The van der Waals surface area contributed by atoms with Crippen LogP contribution in [0, 0.1) is 21.4 Å². The number of hydrogen-bond acceptors (Lipinski definition) is 5. The van der Waals surface area contributed by atoms with Gasteiger partial charge >= 0.3 is 5.88 Å². The molecule has 0 bridgehead atoms. The number of amides is 1. The third kappa shape index (κ3) is 2.74. The summed E-state index contributed by atoms with van der Waals surface area (Å²) in [6, 6.07) is 4.38. The van der Waals surface area contributed by atoms with Crippen LogP contribution in [0.2, 0.25) is 0 Å². The number of carbonyl (C=O) groups excluding carboxylic acids is 1. The molecule has 0 atom stereocenters. The van der Waals surface area contributed by atoms with Gasteiger partial charge in [0, 0.05) is 12.1 Å². The van der Waals surface area contributed by atoms with E-state index in [1.807, 2.05) is 0 Å². The van der Waals surface area contributed by atoms with E-state index in [0.717, 1.165) is 12.8 Å². The van der Waals surface area contributed by atoms with Crippen molar-refractivity contribution < 1.29 is 14.1 Å². The highest BCUT2D eigenvalue weighted by atomic mass is 16.6. The lowest BCUT2D eigenvalue weighted by Gasteiger charge is -1.99. The molecule has 1 fully saturated rings. The molecule has 1 aromatic rings. The van der Waals surface area contributed by atoms with Gasteiger partial charge in [0.1, 0.15) is 22.3 Å². The number of carbonyl (C=O) groups is 1. The van der Waals surface area contributed by atoms with Crippen LogP contribution >= 0.6 is 0 Å². The van der Waals surface area contributed by atoms with Crippen molar-refractivity contribution in [2.75, 3.05) is 0 Å². The molecule has 1 aliphatic rings. The number of furan rings is 1. The van der Waals surface area contributed by atoms with Crippen LogP contribution in [0.4, 0.5) is 5.88 Å². The standard InChI is InChI=1S/C11H9N3O4/c12-6-7(11(15)13-8-1-2-8)5-9-3-4-10(18-9)14(16)17/h3-5,8H,1-2H2,(H,13,15). The molecule has 0 saturated heterocycles. The Morgan fingerprint density at radius 3 is 2.83 bits per heavy atom. The van der Waals surface area contributed by atoms with E-state index in [9.17, 15) is 14.9 Å². The Kier molecular flexibility index (Phi) is 3.10.